The molecule has 4 rings (SSSR count). The molecule has 0 spiro atoms. The average Bonchev–Trinajstić information content (AvgIpc) is 3.22. The molecule has 2 N–H and O–H groups in total. The van der Waals surface area contributed by atoms with E-state index in [1.165, 1.54) is 36.4 Å². The quantitative estimate of drug-likeness (QED) is 0.736. The number of hydrogen-bond acceptors (Lipinski definition) is 5. The van der Waals surface area contributed by atoms with Crippen molar-refractivity contribution in [2.75, 3.05) is 13.2 Å². The van der Waals surface area contributed by atoms with Crippen molar-refractivity contribution in [2.45, 2.75) is 36.2 Å². The van der Waals surface area contributed by atoms with Crippen molar-refractivity contribution in [1.29, 1.82) is 0 Å². The summed E-state index contributed by atoms with van der Waals surface area (Å²) >= 11 is 0. The molecule has 3 atom stereocenters. The molecule has 0 radical (unpaired) electrons. The SMILES string of the molecule is NC(=O)OC1C2CCOC2CCN1S(=O)(=O)c1ccc(-c2ccc(C(F)(F)F)cc2)cc1. The van der Waals surface area contributed by atoms with Gasteiger partial charge in [-0.15, -0.1) is 0 Å². The molecule has 2 heterocycles. The van der Waals surface area contributed by atoms with Gasteiger partial charge in [0, 0.05) is 19.1 Å². The Labute approximate surface area is 183 Å². The minimum Gasteiger partial charge on any atom is -0.429 e. The zero-order chi connectivity index (χ0) is 23.1. The van der Waals surface area contributed by atoms with Crippen LogP contribution in [0.3, 0.4) is 0 Å². The van der Waals surface area contributed by atoms with Crippen LogP contribution in [-0.4, -0.2) is 44.3 Å². The van der Waals surface area contributed by atoms with Gasteiger partial charge in [0.15, 0.2) is 6.23 Å². The minimum atomic E-state index is -4.43. The number of halogens is 3. The maximum Gasteiger partial charge on any atom is 0.416 e. The topological polar surface area (TPSA) is 98.9 Å². The maximum atomic E-state index is 13.3. The number of alkyl halides is 3. The van der Waals surface area contributed by atoms with Crippen LogP contribution >= 0.6 is 0 Å². The zero-order valence-corrected chi connectivity index (χ0v) is 17.6. The second-order valence-electron chi connectivity index (χ2n) is 7.69. The monoisotopic (exact) mass is 470 g/mol. The zero-order valence-electron chi connectivity index (χ0n) is 16.8. The van der Waals surface area contributed by atoms with Crippen LogP contribution in [0.15, 0.2) is 53.4 Å². The summed E-state index contributed by atoms with van der Waals surface area (Å²) in [6.45, 7) is 0.547. The second-order valence-corrected chi connectivity index (χ2v) is 9.58. The molecule has 2 saturated heterocycles. The van der Waals surface area contributed by atoms with Gasteiger partial charge in [0.05, 0.1) is 16.6 Å². The molecule has 3 unspecified atom stereocenters. The van der Waals surface area contributed by atoms with Gasteiger partial charge in [-0.3, -0.25) is 0 Å². The van der Waals surface area contributed by atoms with Crippen LogP contribution < -0.4 is 5.73 Å². The Kier molecular flexibility index (Phi) is 5.91. The number of rotatable bonds is 4. The molecule has 0 aromatic heterocycles. The van der Waals surface area contributed by atoms with Crippen LogP contribution in [0.4, 0.5) is 18.0 Å². The number of nitrogens with zero attached hydrogens (tertiary/aromatic N) is 1. The number of primary amides is 1. The summed E-state index contributed by atoms with van der Waals surface area (Å²) in [5, 5.41) is 0. The summed E-state index contributed by atoms with van der Waals surface area (Å²) in [5.74, 6) is -0.308. The van der Waals surface area contributed by atoms with E-state index in [1.54, 1.807) is 0 Å². The van der Waals surface area contributed by atoms with Crippen LogP contribution in [0.25, 0.3) is 11.1 Å². The lowest BCUT2D eigenvalue weighted by Crippen LogP contribution is -2.54. The van der Waals surface area contributed by atoms with Crippen molar-refractivity contribution in [3.63, 3.8) is 0 Å². The maximum absolute atomic E-state index is 13.3. The molecule has 7 nitrogen and oxygen atoms in total. The number of hydrogen-bond donors (Lipinski definition) is 1. The van der Waals surface area contributed by atoms with Gasteiger partial charge in [-0.1, -0.05) is 24.3 Å². The number of piperidine rings is 1. The van der Waals surface area contributed by atoms with E-state index in [0.717, 1.165) is 16.4 Å². The first kappa shape index (κ1) is 22.6. The molecule has 2 aromatic rings. The molecule has 1 amide bonds. The Bertz CT molecular complexity index is 1090. The molecule has 32 heavy (non-hydrogen) atoms. The first-order valence-corrected chi connectivity index (χ1v) is 11.4. The van der Waals surface area contributed by atoms with Gasteiger partial charge in [0.25, 0.3) is 0 Å². The van der Waals surface area contributed by atoms with Crippen molar-refractivity contribution in [1.82, 2.24) is 4.31 Å². The van der Waals surface area contributed by atoms with E-state index in [1.807, 2.05) is 0 Å². The molecule has 2 aliphatic rings. The predicted octanol–water partition coefficient (Wildman–Crippen LogP) is 3.59. The van der Waals surface area contributed by atoms with Crippen molar-refractivity contribution >= 4 is 16.1 Å². The van der Waals surface area contributed by atoms with Crippen molar-refractivity contribution in [2.24, 2.45) is 11.7 Å². The lowest BCUT2D eigenvalue weighted by molar-refractivity contribution is -0.137. The van der Waals surface area contributed by atoms with E-state index in [2.05, 4.69) is 0 Å². The Morgan fingerprint density at radius 3 is 2.19 bits per heavy atom. The van der Waals surface area contributed by atoms with Crippen LogP contribution in [-0.2, 0) is 25.7 Å². The molecule has 2 aromatic carbocycles. The molecular weight excluding hydrogens is 449 g/mol. The summed E-state index contributed by atoms with van der Waals surface area (Å²) in [6.07, 6.45) is -5.76. The lowest BCUT2D eigenvalue weighted by atomic mass is 9.93. The van der Waals surface area contributed by atoms with E-state index in [0.29, 0.717) is 30.6 Å². The number of carbonyl (C=O) groups excluding carboxylic acids is 1. The van der Waals surface area contributed by atoms with E-state index < -0.39 is 34.1 Å². The molecule has 11 heteroatoms. The smallest absolute Gasteiger partial charge is 0.416 e. The fraction of sp³-hybridized carbons (Fsp3) is 0.381. The molecular formula is C21H21F3N2O5S. The van der Waals surface area contributed by atoms with Crippen molar-refractivity contribution < 1.29 is 35.9 Å². The molecule has 0 aliphatic carbocycles. The summed E-state index contributed by atoms with van der Waals surface area (Å²) in [7, 11) is -4.02. The summed E-state index contributed by atoms with van der Waals surface area (Å²) in [6, 6.07) is 10.4. The number of amides is 1. The van der Waals surface area contributed by atoms with E-state index >= 15 is 0 Å². The fourth-order valence-corrected chi connectivity index (χ4v) is 5.78. The van der Waals surface area contributed by atoms with Crippen molar-refractivity contribution in [3.8, 4) is 11.1 Å². The first-order valence-electron chi connectivity index (χ1n) is 9.94. The number of sulfonamides is 1. The van der Waals surface area contributed by atoms with E-state index in [-0.39, 0.29) is 23.5 Å². The van der Waals surface area contributed by atoms with Crippen LogP contribution in [0.1, 0.15) is 18.4 Å². The van der Waals surface area contributed by atoms with Gasteiger partial charge in [-0.25, -0.2) is 13.2 Å². The van der Waals surface area contributed by atoms with Crippen molar-refractivity contribution in [3.05, 3.63) is 54.1 Å². The summed E-state index contributed by atoms with van der Waals surface area (Å²) in [5.41, 5.74) is 5.49. The van der Waals surface area contributed by atoms with Gasteiger partial charge in [-0.2, -0.15) is 17.5 Å². The number of nitrogens with two attached hydrogens (primary N) is 1. The predicted molar refractivity (Wildman–Crippen MR) is 108 cm³/mol. The highest BCUT2D eigenvalue weighted by atomic mass is 32.2. The van der Waals surface area contributed by atoms with Gasteiger partial charge < -0.3 is 15.2 Å². The highest BCUT2D eigenvalue weighted by Gasteiger charge is 2.48. The van der Waals surface area contributed by atoms with Gasteiger partial charge in [0.1, 0.15) is 0 Å². The molecule has 2 aliphatic heterocycles. The third-order valence-electron chi connectivity index (χ3n) is 5.79. The molecule has 0 saturated carbocycles. The van der Waals surface area contributed by atoms with Gasteiger partial charge in [0.2, 0.25) is 10.0 Å². The average molecular weight is 470 g/mol. The summed E-state index contributed by atoms with van der Waals surface area (Å²) < 4.78 is 76.8. The van der Waals surface area contributed by atoms with Crippen LogP contribution in [0.5, 0.6) is 0 Å². The lowest BCUT2D eigenvalue weighted by Gasteiger charge is -2.39. The third kappa shape index (κ3) is 4.32. The molecule has 172 valence electrons. The third-order valence-corrected chi connectivity index (χ3v) is 7.66. The van der Waals surface area contributed by atoms with Crippen LogP contribution in [0, 0.1) is 5.92 Å². The number of fused-ring (bicyclic) bond motifs is 1. The second kappa shape index (κ2) is 8.38. The molecule has 2 fully saturated rings. The Balaban J connectivity index is 1.59. The fourth-order valence-electron chi connectivity index (χ4n) is 4.21. The Hall–Kier alpha value is -2.63. The standard InChI is InChI=1S/C21H21F3N2O5S/c22-21(23,24)15-5-1-13(2-6-15)14-3-7-16(8-4-14)32(28,29)26-11-9-18-17(10-12-30-18)19(26)31-20(25)27/h1-8,17-19H,9-12H2,(H2,25,27). The molecule has 0 bridgehead atoms. The first-order chi connectivity index (χ1) is 15.1. The minimum absolute atomic E-state index is 0.0244. The van der Waals surface area contributed by atoms with Crippen LogP contribution in [0.2, 0.25) is 0 Å². The summed E-state index contributed by atoms with van der Waals surface area (Å²) in [4.78, 5) is 11.4. The highest BCUT2D eigenvalue weighted by molar-refractivity contribution is 7.89. The highest BCUT2D eigenvalue weighted by Crippen LogP contribution is 2.37. The van der Waals surface area contributed by atoms with Gasteiger partial charge >= 0.3 is 12.3 Å². The Morgan fingerprint density at radius 2 is 1.62 bits per heavy atom. The number of benzene rings is 2. The normalized spacial score (nSPS) is 24.2. The van der Waals surface area contributed by atoms with E-state index in [9.17, 15) is 26.4 Å². The number of carbonyl (C=O) groups is 1. The Morgan fingerprint density at radius 1 is 1.03 bits per heavy atom. The largest absolute Gasteiger partial charge is 0.429 e. The van der Waals surface area contributed by atoms with Gasteiger partial charge in [-0.05, 0) is 48.2 Å². The van der Waals surface area contributed by atoms with E-state index in [4.69, 9.17) is 15.2 Å². The number of ether oxygens (including phenoxy) is 2.